The molecule has 1 aromatic heterocycles. The molecule has 1 heterocycles. The number of nitrogens with one attached hydrogen (secondary N) is 1. The zero-order chi connectivity index (χ0) is 11.1. The highest BCUT2D eigenvalue weighted by atomic mass is 32.1. The van der Waals surface area contributed by atoms with Crippen LogP contribution in [0, 0.1) is 0 Å². The van der Waals surface area contributed by atoms with Gasteiger partial charge in [-0.15, -0.1) is 11.3 Å². The third kappa shape index (κ3) is 4.76. The van der Waals surface area contributed by atoms with E-state index in [4.69, 9.17) is 5.11 Å². The van der Waals surface area contributed by atoms with Crippen LogP contribution in [0.25, 0.3) is 6.08 Å². The summed E-state index contributed by atoms with van der Waals surface area (Å²) in [6.45, 7) is 2.28. The molecular weight excluding hydrogens is 210 g/mol. The van der Waals surface area contributed by atoms with E-state index in [-0.39, 0.29) is 12.5 Å². The number of rotatable bonds is 5. The summed E-state index contributed by atoms with van der Waals surface area (Å²) in [5, 5.41) is 11.6. The van der Waals surface area contributed by atoms with E-state index >= 15 is 0 Å². The number of hydrogen-bond acceptors (Lipinski definition) is 3. The molecule has 1 aromatic rings. The van der Waals surface area contributed by atoms with Gasteiger partial charge < -0.3 is 10.4 Å². The largest absolute Gasteiger partial charge is 0.391 e. The van der Waals surface area contributed by atoms with Gasteiger partial charge in [0.25, 0.3) is 0 Å². The van der Waals surface area contributed by atoms with Crippen LogP contribution in [0.15, 0.2) is 18.2 Å². The normalized spacial score (nSPS) is 10.8. The first-order valence-corrected chi connectivity index (χ1v) is 5.64. The summed E-state index contributed by atoms with van der Waals surface area (Å²) in [5.41, 5.74) is 0. The van der Waals surface area contributed by atoms with E-state index in [1.54, 1.807) is 11.3 Å². The lowest BCUT2D eigenvalue weighted by atomic mass is 10.3. The van der Waals surface area contributed by atoms with E-state index in [0.717, 1.165) is 16.2 Å². The quantitative estimate of drug-likeness (QED) is 0.750. The minimum atomic E-state index is 0.00194. The first-order valence-electron chi connectivity index (χ1n) is 4.83. The number of aliphatic hydroxyl groups excluding tert-OH is 1. The van der Waals surface area contributed by atoms with Crippen molar-refractivity contribution in [3.63, 3.8) is 0 Å². The van der Waals surface area contributed by atoms with E-state index < -0.39 is 0 Å². The van der Waals surface area contributed by atoms with Crippen LogP contribution in [0.2, 0.25) is 0 Å². The smallest absolute Gasteiger partial charge is 0.216 e. The Balaban J connectivity index is 2.28. The van der Waals surface area contributed by atoms with Crippen LogP contribution in [0.5, 0.6) is 0 Å². The average Bonchev–Trinajstić information content (AvgIpc) is 2.65. The fraction of sp³-hybridized carbons (Fsp3) is 0.364. The maximum atomic E-state index is 10.6. The van der Waals surface area contributed by atoms with Gasteiger partial charge in [0.15, 0.2) is 0 Å². The molecule has 0 bridgehead atoms. The monoisotopic (exact) mass is 225 g/mol. The zero-order valence-corrected chi connectivity index (χ0v) is 9.51. The highest BCUT2D eigenvalue weighted by Crippen LogP contribution is 2.17. The van der Waals surface area contributed by atoms with Gasteiger partial charge in [-0.2, -0.15) is 0 Å². The summed E-state index contributed by atoms with van der Waals surface area (Å²) in [5.74, 6) is 0.00194. The van der Waals surface area contributed by atoms with Crippen molar-refractivity contribution in [3.8, 4) is 0 Å². The first kappa shape index (κ1) is 11.9. The molecule has 4 heteroatoms. The van der Waals surface area contributed by atoms with Crippen molar-refractivity contribution in [2.45, 2.75) is 20.0 Å². The maximum Gasteiger partial charge on any atom is 0.216 e. The van der Waals surface area contributed by atoms with E-state index in [1.807, 2.05) is 24.3 Å². The second kappa shape index (κ2) is 6.37. The minimum Gasteiger partial charge on any atom is -0.391 e. The molecule has 0 radical (unpaired) electrons. The van der Waals surface area contributed by atoms with E-state index in [0.29, 0.717) is 6.54 Å². The number of carbonyl (C=O) groups is 1. The summed E-state index contributed by atoms with van der Waals surface area (Å²) in [4.78, 5) is 12.7. The molecule has 0 aliphatic heterocycles. The Hall–Kier alpha value is -1.13. The van der Waals surface area contributed by atoms with Gasteiger partial charge in [-0.3, -0.25) is 4.79 Å². The second-order valence-electron chi connectivity index (χ2n) is 3.14. The minimum absolute atomic E-state index is 0.00194. The number of thiophene rings is 1. The number of aliphatic hydroxyl groups is 1. The average molecular weight is 225 g/mol. The van der Waals surface area contributed by atoms with Crippen LogP contribution in [-0.2, 0) is 11.4 Å². The fourth-order valence-electron chi connectivity index (χ4n) is 1.10. The second-order valence-corrected chi connectivity index (χ2v) is 4.34. The lowest BCUT2D eigenvalue weighted by Gasteiger charge is -1.95. The van der Waals surface area contributed by atoms with Crippen molar-refractivity contribution in [3.05, 3.63) is 28.0 Å². The van der Waals surface area contributed by atoms with Crippen LogP contribution in [0.1, 0.15) is 23.1 Å². The highest BCUT2D eigenvalue weighted by Gasteiger charge is 1.94. The SMILES string of the molecule is CC(=O)NCCC=Cc1ccc(CO)s1. The summed E-state index contributed by atoms with van der Waals surface area (Å²) in [6, 6.07) is 3.89. The first-order chi connectivity index (χ1) is 7.22. The third-order valence-corrected chi connectivity index (χ3v) is 2.84. The Morgan fingerprint density at radius 3 is 3.00 bits per heavy atom. The van der Waals surface area contributed by atoms with Crippen molar-refractivity contribution in [2.75, 3.05) is 6.54 Å². The van der Waals surface area contributed by atoms with Crippen molar-refractivity contribution < 1.29 is 9.90 Å². The molecule has 0 saturated carbocycles. The highest BCUT2D eigenvalue weighted by molar-refractivity contribution is 7.12. The molecule has 0 aliphatic carbocycles. The topological polar surface area (TPSA) is 49.3 Å². The van der Waals surface area contributed by atoms with Crippen molar-refractivity contribution in [1.82, 2.24) is 5.32 Å². The van der Waals surface area contributed by atoms with Gasteiger partial charge >= 0.3 is 0 Å². The number of carbonyl (C=O) groups excluding carboxylic acids is 1. The van der Waals surface area contributed by atoms with Gasteiger partial charge in [0.05, 0.1) is 6.61 Å². The molecule has 2 N–H and O–H groups in total. The maximum absolute atomic E-state index is 10.6. The molecule has 15 heavy (non-hydrogen) atoms. The van der Waals surface area contributed by atoms with Gasteiger partial charge in [0.2, 0.25) is 5.91 Å². The molecule has 0 saturated heterocycles. The lowest BCUT2D eigenvalue weighted by Crippen LogP contribution is -2.20. The molecule has 0 fully saturated rings. The molecule has 0 spiro atoms. The lowest BCUT2D eigenvalue weighted by molar-refractivity contribution is -0.118. The van der Waals surface area contributed by atoms with Crippen LogP contribution < -0.4 is 5.32 Å². The Bertz CT molecular complexity index is 344. The van der Waals surface area contributed by atoms with Gasteiger partial charge in [0, 0.05) is 23.2 Å². The third-order valence-electron chi connectivity index (χ3n) is 1.81. The summed E-state index contributed by atoms with van der Waals surface area (Å²) < 4.78 is 0. The molecule has 0 aliphatic rings. The molecule has 0 aromatic carbocycles. The van der Waals surface area contributed by atoms with Crippen molar-refractivity contribution in [2.24, 2.45) is 0 Å². The molecule has 0 atom stereocenters. The number of amides is 1. The van der Waals surface area contributed by atoms with Crippen LogP contribution in [-0.4, -0.2) is 17.6 Å². The molecular formula is C11H15NO2S. The van der Waals surface area contributed by atoms with E-state index in [9.17, 15) is 4.79 Å². The van der Waals surface area contributed by atoms with Gasteiger partial charge in [0.1, 0.15) is 0 Å². The standard InChI is InChI=1S/C11H15NO2S/c1-9(14)12-7-3-2-4-10-5-6-11(8-13)15-10/h2,4-6,13H,3,7-8H2,1H3,(H,12,14). The summed E-state index contributed by atoms with van der Waals surface area (Å²) in [7, 11) is 0. The number of hydrogen-bond donors (Lipinski definition) is 2. The van der Waals surface area contributed by atoms with Crippen LogP contribution >= 0.6 is 11.3 Å². The van der Waals surface area contributed by atoms with Gasteiger partial charge in [-0.1, -0.05) is 6.08 Å². The Labute approximate surface area is 93.4 Å². The predicted molar refractivity (Wildman–Crippen MR) is 62.6 cm³/mol. The molecule has 3 nitrogen and oxygen atoms in total. The summed E-state index contributed by atoms with van der Waals surface area (Å²) >= 11 is 1.57. The molecule has 0 unspecified atom stereocenters. The molecule has 1 amide bonds. The van der Waals surface area contributed by atoms with Crippen molar-refractivity contribution in [1.29, 1.82) is 0 Å². The molecule has 82 valence electrons. The Kier molecular flexibility index (Phi) is 5.07. The van der Waals surface area contributed by atoms with Gasteiger partial charge in [-0.25, -0.2) is 0 Å². The summed E-state index contributed by atoms with van der Waals surface area (Å²) in [6.07, 6.45) is 4.85. The Morgan fingerprint density at radius 2 is 2.40 bits per heavy atom. The fourth-order valence-corrected chi connectivity index (χ4v) is 1.90. The van der Waals surface area contributed by atoms with Gasteiger partial charge in [-0.05, 0) is 24.6 Å². The van der Waals surface area contributed by atoms with E-state index in [2.05, 4.69) is 5.32 Å². The van der Waals surface area contributed by atoms with Crippen molar-refractivity contribution >= 4 is 23.3 Å². The predicted octanol–water partition coefficient (Wildman–Crippen LogP) is 1.78. The molecule has 1 rings (SSSR count). The van der Waals surface area contributed by atoms with Crippen LogP contribution in [0.4, 0.5) is 0 Å². The van der Waals surface area contributed by atoms with E-state index in [1.165, 1.54) is 6.92 Å². The van der Waals surface area contributed by atoms with Crippen LogP contribution in [0.3, 0.4) is 0 Å². The Morgan fingerprint density at radius 1 is 1.60 bits per heavy atom. The zero-order valence-electron chi connectivity index (χ0n) is 8.69.